The van der Waals surface area contributed by atoms with Crippen molar-refractivity contribution in [3.63, 3.8) is 0 Å². The standard InChI is InChI=1S/C22H26N4O2/c1-16(8-11-26-10-5-9-24-26)25-21(27)18-7-4-6-17(12-18)19-13-20(15-23-14-19)22(2,3)28/h4-7,9-10,12-16,28H,8,11H2,1-3H3,(H,25,27)/t16-/m0/s1. The van der Waals surface area contributed by atoms with E-state index in [1.54, 1.807) is 38.5 Å². The van der Waals surface area contributed by atoms with Gasteiger partial charge in [-0.25, -0.2) is 0 Å². The van der Waals surface area contributed by atoms with Gasteiger partial charge in [-0.2, -0.15) is 5.10 Å². The maximum atomic E-state index is 12.6. The molecule has 2 heterocycles. The first-order chi connectivity index (χ1) is 13.3. The van der Waals surface area contributed by atoms with Crippen LogP contribution in [0.3, 0.4) is 0 Å². The highest BCUT2D eigenvalue weighted by Gasteiger charge is 2.17. The van der Waals surface area contributed by atoms with E-state index in [0.29, 0.717) is 5.56 Å². The fourth-order valence-electron chi connectivity index (χ4n) is 2.91. The summed E-state index contributed by atoms with van der Waals surface area (Å²) in [6.07, 6.45) is 7.84. The van der Waals surface area contributed by atoms with Gasteiger partial charge in [-0.3, -0.25) is 14.5 Å². The Hall–Kier alpha value is -2.99. The molecular formula is C22H26N4O2. The number of aliphatic hydroxyl groups is 1. The summed E-state index contributed by atoms with van der Waals surface area (Å²) in [7, 11) is 0. The number of hydrogen-bond acceptors (Lipinski definition) is 4. The van der Waals surface area contributed by atoms with Crippen LogP contribution in [0.2, 0.25) is 0 Å². The number of carbonyl (C=O) groups is 1. The molecule has 146 valence electrons. The molecule has 6 heteroatoms. The summed E-state index contributed by atoms with van der Waals surface area (Å²) < 4.78 is 1.85. The molecule has 0 spiro atoms. The first-order valence-corrected chi connectivity index (χ1v) is 9.39. The van der Waals surface area contributed by atoms with E-state index in [2.05, 4.69) is 15.4 Å². The maximum Gasteiger partial charge on any atom is 0.251 e. The van der Waals surface area contributed by atoms with Crippen molar-refractivity contribution < 1.29 is 9.90 Å². The van der Waals surface area contributed by atoms with E-state index < -0.39 is 5.60 Å². The number of aryl methyl sites for hydroxylation is 1. The lowest BCUT2D eigenvalue weighted by Gasteiger charge is -2.18. The molecule has 6 nitrogen and oxygen atoms in total. The van der Waals surface area contributed by atoms with Gasteiger partial charge in [-0.1, -0.05) is 12.1 Å². The van der Waals surface area contributed by atoms with Crippen LogP contribution in [0.5, 0.6) is 0 Å². The second-order valence-electron chi connectivity index (χ2n) is 7.53. The maximum absolute atomic E-state index is 12.6. The Balaban J connectivity index is 1.69. The zero-order valence-electron chi connectivity index (χ0n) is 16.5. The highest BCUT2D eigenvalue weighted by molar-refractivity contribution is 5.95. The van der Waals surface area contributed by atoms with Crippen LogP contribution in [0.1, 0.15) is 43.1 Å². The largest absolute Gasteiger partial charge is 0.386 e. The lowest BCUT2D eigenvalue weighted by Crippen LogP contribution is -2.33. The van der Waals surface area contributed by atoms with E-state index in [0.717, 1.165) is 29.7 Å². The highest BCUT2D eigenvalue weighted by atomic mass is 16.3. The molecule has 1 aromatic carbocycles. The second-order valence-corrected chi connectivity index (χ2v) is 7.53. The number of pyridine rings is 1. The average molecular weight is 378 g/mol. The van der Waals surface area contributed by atoms with Gasteiger partial charge in [0.15, 0.2) is 0 Å². The van der Waals surface area contributed by atoms with Crippen molar-refractivity contribution >= 4 is 5.91 Å². The fourth-order valence-corrected chi connectivity index (χ4v) is 2.91. The Morgan fingerprint density at radius 2 is 2.04 bits per heavy atom. The molecule has 0 fully saturated rings. The molecule has 0 radical (unpaired) electrons. The molecular weight excluding hydrogens is 352 g/mol. The van der Waals surface area contributed by atoms with E-state index in [1.165, 1.54) is 0 Å². The van der Waals surface area contributed by atoms with Crippen molar-refractivity contribution in [2.24, 2.45) is 0 Å². The summed E-state index contributed by atoms with van der Waals surface area (Å²) in [5.74, 6) is -0.110. The van der Waals surface area contributed by atoms with Gasteiger partial charge < -0.3 is 10.4 Å². The SMILES string of the molecule is C[C@@H](CCn1cccn1)NC(=O)c1cccc(-c2cncc(C(C)(C)O)c2)c1. The smallest absolute Gasteiger partial charge is 0.251 e. The minimum absolute atomic E-state index is 0.0283. The van der Waals surface area contributed by atoms with E-state index in [-0.39, 0.29) is 11.9 Å². The van der Waals surface area contributed by atoms with Gasteiger partial charge in [-0.15, -0.1) is 0 Å². The van der Waals surface area contributed by atoms with E-state index >= 15 is 0 Å². The highest BCUT2D eigenvalue weighted by Crippen LogP contribution is 2.25. The van der Waals surface area contributed by atoms with Gasteiger partial charge >= 0.3 is 0 Å². The van der Waals surface area contributed by atoms with Crippen LogP contribution in [-0.4, -0.2) is 31.8 Å². The van der Waals surface area contributed by atoms with Gasteiger partial charge in [0.25, 0.3) is 5.91 Å². The lowest BCUT2D eigenvalue weighted by atomic mass is 9.96. The van der Waals surface area contributed by atoms with Crippen LogP contribution >= 0.6 is 0 Å². The van der Waals surface area contributed by atoms with Crippen molar-refractivity contribution in [1.82, 2.24) is 20.1 Å². The number of nitrogens with zero attached hydrogens (tertiary/aromatic N) is 3. The van der Waals surface area contributed by atoms with Gasteiger partial charge in [-0.05, 0) is 57.0 Å². The van der Waals surface area contributed by atoms with Crippen molar-refractivity contribution in [2.45, 2.75) is 45.4 Å². The van der Waals surface area contributed by atoms with Crippen LogP contribution in [0.25, 0.3) is 11.1 Å². The second kappa shape index (κ2) is 8.35. The summed E-state index contributed by atoms with van der Waals surface area (Å²) in [6, 6.07) is 11.2. The molecule has 0 aliphatic heterocycles. The predicted molar refractivity (Wildman–Crippen MR) is 109 cm³/mol. The first-order valence-electron chi connectivity index (χ1n) is 9.39. The van der Waals surface area contributed by atoms with Gasteiger partial charge in [0, 0.05) is 54.1 Å². The average Bonchev–Trinajstić information content (AvgIpc) is 3.19. The Morgan fingerprint density at radius 1 is 1.21 bits per heavy atom. The molecule has 0 saturated carbocycles. The predicted octanol–water partition coefficient (Wildman–Crippen LogP) is 3.38. The van der Waals surface area contributed by atoms with Crippen LogP contribution < -0.4 is 5.32 Å². The van der Waals surface area contributed by atoms with Crippen molar-refractivity contribution in [3.8, 4) is 11.1 Å². The molecule has 2 aromatic heterocycles. The molecule has 3 rings (SSSR count). The van der Waals surface area contributed by atoms with Crippen LogP contribution in [-0.2, 0) is 12.1 Å². The molecule has 0 bridgehead atoms. The van der Waals surface area contributed by atoms with Crippen LogP contribution in [0.4, 0.5) is 0 Å². The summed E-state index contributed by atoms with van der Waals surface area (Å²) in [5, 5.41) is 17.4. The summed E-state index contributed by atoms with van der Waals surface area (Å²) in [6.45, 7) is 6.19. The van der Waals surface area contributed by atoms with Crippen molar-refractivity contribution in [2.75, 3.05) is 0 Å². The quantitative estimate of drug-likeness (QED) is 0.660. The summed E-state index contributed by atoms with van der Waals surface area (Å²) in [5.41, 5.74) is 2.10. The molecule has 28 heavy (non-hydrogen) atoms. The number of amides is 1. The molecule has 0 aliphatic rings. The monoisotopic (exact) mass is 378 g/mol. The van der Waals surface area contributed by atoms with Crippen molar-refractivity contribution in [1.29, 1.82) is 0 Å². The first kappa shape index (κ1) is 19.8. The van der Waals surface area contributed by atoms with Gasteiger partial charge in [0.05, 0.1) is 5.60 Å². The Kier molecular flexibility index (Phi) is 5.90. The minimum atomic E-state index is -0.970. The molecule has 2 N–H and O–H groups in total. The number of aromatic nitrogens is 3. The zero-order valence-corrected chi connectivity index (χ0v) is 16.5. The molecule has 1 atom stereocenters. The van der Waals surface area contributed by atoms with E-state index in [1.807, 2.05) is 48.1 Å². The topological polar surface area (TPSA) is 80.0 Å². The summed E-state index contributed by atoms with van der Waals surface area (Å²) >= 11 is 0. The minimum Gasteiger partial charge on any atom is -0.386 e. The number of carbonyl (C=O) groups excluding carboxylic acids is 1. The zero-order chi connectivity index (χ0) is 20.1. The van der Waals surface area contributed by atoms with Crippen LogP contribution in [0, 0.1) is 0 Å². The normalized spacial score (nSPS) is 12.6. The molecule has 3 aromatic rings. The fraction of sp³-hybridized carbons (Fsp3) is 0.318. The van der Waals surface area contributed by atoms with Gasteiger partial charge in [0.2, 0.25) is 0 Å². The Labute approximate surface area is 165 Å². The number of nitrogens with one attached hydrogen (secondary N) is 1. The van der Waals surface area contributed by atoms with Crippen molar-refractivity contribution in [3.05, 3.63) is 72.3 Å². The molecule has 0 unspecified atom stereocenters. The third kappa shape index (κ3) is 5.04. The Morgan fingerprint density at radius 3 is 2.75 bits per heavy atom. The van der Waals surface area contributed by atoms with E-state index in [9.17, 15) is 9.90 Å². The molecule has 0 aliphatic carbocycles. The third-order valence-corrected chi connectivity index (χ3v) is 4.63. The Bertz CT molecular complexity index is 930. The summed E-state index contributed by atoms with van der Waals surface area (Å²) in [4.78, 5) is 16.9. The number of rotatable bonds is 7. The number of benzene rings is 1. The van der Waals surface area contributed by atoms with E-state index in [4.69, 9.17) is 0 Å². The molecule has 1 amide bonds. The van der Waals surface area contributed by atoms with Crippen LogP contribution in [0.15, 0.2) is 61.2 Å². The van der Waals surface area contributed by atoms with Gasteiger partial charge in [0.1, 0.15) is 0 Å². The lowest BCUT2D eigenvalue weighted by molar-refractivity contribution is 0.0782. The third-order valence-electron chi connectivity index (χ3n) is 4.63. The molecule has 0 saturated heterocycles. The number of hydrogen-bond donors (Lipinski definition) is 2.